The smallest absolute Gasteiger partial charge is 0.319 e. The van der Waals surface area contributed by atoms with Gasteiger partial charge in [0.05, 0.1) is 24.9 Å². The number of carbonyl (C=O) groups is 1. The fourth-order valence-electron chi connectivity index (χ4n) is 2.64. The highest BCUT2D eigenvalue weighted by molar-refractivity contribution is 5.89. The van der Waals surface area contributed by atoms with Crippen LogP contribution in [0.5, 0.6) is 0 Å². The van der Waals surface area contributed by atoms with Crippen molar-refractivity contribution in [3.63, 3.8) is 0 Å². The van der Waals surface area contributed by atoms with E-state index < -0.39 is 0 Å². The fraction of sp³-hybridized carbons (Fsp3) is 0.412. The van der Waals surface area contributed by atoms with E-state index in [1.165, 1.54) is 0 Å². The van der Waals surface area contributed by atoms with Crippen LogP contribution in [0.1, 0.15) is 24.5 Å². The highest BCUT2D eigenvalue weighted by Crippen LogP contribution is 2.18. The maximum absolute atomic E-state index is 12.1. The van der Waals surface area contributed by atoms with Gasteiger partial charge < -0.3 is 15.4 Å². The second kappa shape index (κ2) is 6.42. The molecular weight excluding hydrogens is 292 g/mol. The van der Waals surface area contributed by atoms with Crippen molar-refractivity contribution in [2.75, 3.05) is 18.5 Å². The van der Waals surface area contributed by atoms with Crippen molar-refractivity contribution < 1.29 is 9.53 Å². The Morgan fingerprint density at radius 1 is 1.39 bits per heavy atom. The lowest BCUT2D eigenvalue weighted by molar-refractivity contribution is 0.172. The van der Waals surface area contributed by atoms with Gasteiger partial charge in [0, 0.05) is 18.5 Å². The third-order valence-corrected chi connectivity index (χ3v) is 3.95. The summed E-state index contributed by atoms with van der Waals surface area (Å²) in [5.74, 6) is 0. The first-order valence-electron chi connectivity index (χ1n) is 7.77. The molecule has 1 aromatic heterocycles. The van der Waals surface area contributed by atoms with Crippen LogP contribution in [0, 0.1) is 6.92 Å². The van der Waals surface area contributed by atoms with E-state index in [0.717, 1.165) is 29.8 Å². The lowest BCUT2D eigenvalue weighted by atomic mass is 10.0. The zero-order valence-corrected chi connectivity index (χ0v) is 13.5. The molecule has 0 saturated carbocycles. The highest BCUT2D eigenvalue weighted by Gasteiger charge is 2.31. The summed E-state index contributed by atoms with van der Waals surface area (Å²) in [5.41, 5.74) is 2.77. The number of amides is 2. The van der Waals surface area contributed by atoms with E-state index in [1.54, 1.807) is 0 Å². The van der Waals surface area contributed by atoms with Gasteiger partial charge in [0.1, 0.15) is 0 Å². The van der Waals surface area contributed by atoms with E-state index in [2.05, 4.69) is 15.7 Å². The number of aromatic nitrogens is 2. The normalized spacial score (nSPS) is 20.4. The van der Waals surface area contributed by atoms with Crippen LogP contribution in [-0.4, -0.2) is 34.6 Å². The van der Waals surface area contributed by atoms with Crippen LogP contribution in [0.2, 0.25) is 0 Å². The molecule has 122 valence electrons. The summed E-state index contributed by atoms with van der Waals surface area (Å²) in [4.78, 5) is 12.1. The van der Waals surface area contributed by atoms with E-state index in [-0.39, 0.29) is 11.6 Å². The van der Waals surface area contributed by atoms with Gasteiger partial charge in [-0.3, -0.25) is 4.68 Å². The van der Waals surface area contributed by atoms with Gasteiger partial charge in [0.2, 0.25) is 0 Å². The Morgan fingerprint density at radius 3 is 2.78 bits per heavy atom. The molecule has 23 heavy (non-hydrogen) atoms. The molecule has 6 nitrogen and oxygen atoms in total. The zero-order valence-electron chi connectivity index (χ0n) is 13.5. The first-order valence-corrected chi connectivity index (χ1v) is 7.77. The maximum Gasteiger partial charge on any atom is 0.319 e. The standard InChI is InChI=1S/C17H22N4O2/c1-13-9-18-21(10-13)11-14-3-5-15(6-4-14)19-16(22)20-17(2)7-8-23-12-17/h3-6,9-10H,7-8,11-12H2,1-2H3,(H2,19,20,22)/t17-/m1/s1. The number of rotatable bonds is 4. The summed E-state index contributed by atoms with van der Waals surface area (Å²) in [6.45, 7) is 5.98. The van der Waals surface area contributed by atoms with Gasteiger partial charge in [0.25, 0.3) is 0 Å². The molecule has 3 rings (SSSR count). The maximum atomic E-state index is 12.1. The average Bonchev–Trinajstić information content (AvgIpc) is 3.10. The first-order chi connectivity index (χ1) is 11.0. The molecule has 1 saturated heterocycles. The SMILES string of the molecule is Cc1cnn(Cc2ccc(NC(=O)N[C@]3(C)CCOC3)cc2)c1. The number of benzene rings is 1. The van der Waals surface area contributed by atoms with Gasteiger partial charge in [-0.25, -0.2) is 4.79 Å². The molecule has 1 fully saturated rings. The Labute approximate surface area is 135 Å². The highest BCUT2D eigenvalue weighted by atomic mass is 16.5. The van der Waals surface area contributed by atoms with E-state index in [9.17, 15) is 4.79 Å². The molecule has 0 aliphatic carbocycles. The Morgan fingerprint density at radius 2 is 2.17 bits per heavy atom. The van der Waals surface area contributed by atoms with E-state index >= 15 is 0 Å². The molecule has 6 heteroatoms. The zero-order chi connectivity index (χ0) is 16.3. The number of nitrogens with zero attached hydrogens (tertiary/aromatic N) is 2. The third-order valence-electron chi connectivity index (χ3n) is 3.95. The molecule has 1 atom stereocenters. The van der Waals surface area contributed by atoms with E-state index in [1.807, 2.05) is 55.2 Å². The van der Waals surface area contributed by atoms with Crippen molar-refractivity contribution in [2.24, 2.45) is 0 Å². The van der Waals surface area contributed by atoms with Gasteiger partial charge in [0.15, 0.2) is 0 Å². The summed E-state index contributed by atoms with van der Waals surface area (Å²) >= 11 is 0. The second-order valence-corrected chi connectivity index (χ2v) is 6.35. The molecular formula is C17H22N4O2. The number of urea groups is 1. The summed E-state index contributed by atoms with van der Waals surface area (Å²) < 4.78 is 7.23. The topological polar surface area (TPSA) is 68.2 Å². The van der Waals surface area contributed by atoms with Gasteiger partial charge in [-0.05, 0) is 43.5 Å². The van der Waals surface area contributed by atoms with Crippen molar-refractivity contribution in [2.45, 2.75) is 32.4 Å². The van der Waals surface area contributed by atoms with Crippen LogP contribution >= 0.6 is 0 Å². The van der Waals surface area contributed by atoms with Gasteiger partial charge in [-0.15, -0.1) is 0 Å². The minimum absolute atomic E-state index is 0.201. The lowest BCUT2D eigenvalue weighted by Gasteiger charge is -2.23. The molecule has 0 unspecified atom stereocenters. The number of anilines is 1. The van der Waals surface area contributed by atoms with Crippen LogP contribution < -0.4 is 10.6 Å². The van der Waals surface area contributed by atoms with Crippen LogP contribution in [0.25, 0.3) is 0 Å². The molecule has 1 aliphatic rings. The lowest BCUT2D eigenvalue weighted by Crippen LogP contribution is -2.48. The predicted molar refractivity (Wildman–Crippen MR) is 88.5 cm³/mol. The molecule has 2 heterocycles. The summed E-state index contributed by atoms with van der Waals surface area (Å²) in [6, 6.07) is 7.59. The minimum Gasteiger partial charge on any atom is -0.379 e. The molecule has 2 aromatic rings. The monoisotopic (exact) mass is 314 g/mol. The van der Waals surface area contributed by atoms with Gasteiger partial charge >= 0.3 is 6.03 Å². The Bertz CT molecular complexity index is 672. The largest absolute Gasteiger partial charge is 0.379 e. The minimum atomic E-state index is -0.276. The fourth-order valence-corrected chi connectivity index (χ4v) is 2.64. The molecule has 2 N–H and O–H groups in total. The van der Waals surface area contributed by atoms with Crippen molar-refractivity contribution in [1.82, 2.24) is 15.1 Å². The number of hydrogen-bond donors (Lipinski definition) is 2. The number of aryl methyl sites for hydroxylation is 1. The molecule has 2 amide bonds. The number of hydrogen-bond acceptors (Lipinski definition) is 3. The van der Waals surface area contributed by atoms with Gasteiger partial charge in [-0.1, -0.05) is 12.1 Å². The number of carbonyl (C=O) groups excluding carboxylic acids is 1. The van der Waals surface area contributed by atoms with Crippen molar-refractivity contribution in [3.05, 3.63) is 47.8 Å². The van der Waals surface area contributed by atoms with Crippen molar-refractivity contribution >= 4 is 11.7 Å². The van der Waals surface area contributed by atoms with Crippen molar-refractivity contribution in [3.8, 4) is 0 Å². The summed E-state index contributed by atoms with van der Waals surface area (Å²) in [6.07, 6.45) is 4.68. The molecule has 0 radical (unpaired) electrons. The Kier molecular flexibility index (Phi) is 4.34. The van der Waals surface area contributed by atoms with Crippen molar-refractivity contribution in [1.29, 1.82) is 0 Å². The Hall–Kier alpha value is -2.34. The third kappa shape index (κ3) is 4.10. The first kappa shape index (κ1) is 15.6. The average molecular weight is 314 g/mol. The Balaban J connectivity index is 1.55. The summed E-state index contributed by atoms with van der Waals surface area (Å²) in [7, 11) is 0. The summed E-state index contributed by atoms with van der Waals surface area (Å²) in [5, 5.41) is 10.1. The molecule has 1 aliphatic heterocycles. The van der Waals surface area contributed by atoms with E-state index in [0.29, 0.717) is 13.2 Å². The quantitative estimate of drug-likeness (QED) is 0.911. The van der Waals surface area contributed by atoms with E-state index in [4.69, 9.17) is 4.74 Å². The van der Waals surface area contributed by atoms with Crippen LogP contribution in [0.3, 0.4) is 0 Å². The second-order valence-electron chi connectivity index (χ2n) is 6.35. The number of nitrogens with one attached hydrogen (secondary N) is 2. The number of ether oxygens (including phenoxy) is 1. The van der Waals surface area contributed by atoms with Gasteiger partial charge in [-0.2, -0.15) is 5.10 Å². The predicted octanol–water partition coefficient (Wildman–Crippen LogP) is 2.54. The van der Waals surface area contributed by atoms with Crippen LogP contribution in [0.4, 0.5) is 10.5 Å². The molecule has 0 spiro atoms. The molecule has 0 bridgehead atoms. The molecule has 1 aromatic carbocycles. The van der Waals surface area contributed by atoms with Crippen LogP contribution in [-0.2, 0) is 11.3 Å². The van der Waals surface area contributed by atoms with Crippen LogP contribution in [0.15, 0.2) is 36.7 Å².